The van der Waals surface area contributed by atoms with E-state index in [2.05, 4.69) is 4.98 Å². The van der Waals surface area contributed by atoms with E-state index in [1.54, 1.807) is 6.07 Å². The Labute approximate surface area is 118 Å². The molecule has 0 aromatic carbocycles. The number of rotatable bonds is 3. The van der Waals surface area contributed by atoms with Crippen LogP contribution in [0.15, 0.2) is 23.4 Å². The van der Waals surface area contributed by atoms with Crippen molar-refractivity contribution in [2.75, 3.05) is 13.1 Å². The smallest absolute Gasteiger partial charge is 0.260 e. The van der Waals surface area contributed by atoms with Crippen molar-refractivity contribution in [2.24, 2.45) is 0 Å². The van der Waals surface area contributed by atoms with Crippen LogP contribution in [0.5, 0.6) is 0 Å². The molecule has 0 aliphatic carbocycles. The van der Waals surface area contributed by atoms with E-state index in [1.807, 2.05) is 13.8 Å². The van der Waals surface area contributed by atoms with Gasteiger partial charge in [-0.25, -0.2) is 13.4 Å². The molecule has 1 fully saturated rings. The van der Waals surface area contributed by atoms with Crippen molar-refractivity contribution in [3.63, 3.8) is 0 Å². The number of ether oxygens (including phenoxy) is 1. The number of halogens is 1. The third-order valence-electron chi connectivity index (χ3n) is 2.94. The molecule has 0 spiro atoms. The van der Waals surface area contributed by atoms with Crippen LogP contribution in [-0.4, -0.2) is 43.0 Å². The van der Waals surface area contributed by atoms with Gasteiger partial charge >= 0.3 is 0 Å². The second-order valence-corrected chi connectivity index (χ2v) is 6.87. The van der Waals surface area contributed by atoms with Crippen LogP contribution in [-0.2, 0) is 20.6 Å². The Bertz CT molecular complexity index is 522. The lowest BCUT2D eigenvalue weighted by atomic mass is 10.3. The van der Waals surface area contributed by atoms with Crippen LogP contribution in [0.1, 0.15) is 19.4 Å². The Morgan fingerprint density at radius 3 is 2.47 bits per heavy atom. The summed E-state index contributed by atoms with van der Waals surface area (Å²) in [6, 6.07) is 3.18. The highest BCUT2D eigenvalue weighted by atomic mass is 35.5. The lowest BCUT2D eigenvalue weighted by molar-refractivity contribution is -0.0441. The zero-order chi connectivity index (χ0) is 14.0. The third-order valence-corrected chi connectivity index (χ3v) is 5.00. The Morgan fingerprint density at radius 2 is 2.00 bits per heavy atom. The van der Waals surface area contributed by atoms with Crippen LogP contribution >= 0.6 is 11.6 Å². The van der Waals surface area contributed by atoms with Crippen molar-refractivity contribution in [3.8, 4) is 0 Å². The van der Waals surface area contributed by atoms with Gasteiger partial charge in [0.1, 0.15) is 0 Å². The molecule has 0 saturated carbocycles. The maximum atomic E-state index is 12.5. The second kappa shape index (κ2) is 5.75. The van der Waals surface area contributed by atoms with Gasteiger partial charge in [-0.15, -0.1) is 11.6 Å². The normalized spacial score (nSPS) is 25.4. The summed E-state index contributed by atoms with van der Waals surface area (Å²) >= 11 is 5.66. The van der Waals surface area contributed by atoms with Crippen molar-refractivity contribution in [2.45, 2.75) is 37.0 Å². The van der Waals surface area contributed by atoms with E-state index in [0.717, 1.165) is 5.56 Å². The monoisotopic (exact) mass is 304 g/mol. The molecule has 2 heterocycles. The number of morpholine rings is 1. The molecule has 106 valence electrons. The van der Waals surface area contributed by atoms with Gasteiger partial charge in [0.25, 0.3) is 10.0 Å². The molecule has 0 radical (unpaired) electrons. The minimum absolute atomic E-state index is 0.0580. The molecular weight excluding hydrogens is 288 g/mol. The molecule has 1 saturated heterocycles. The van der Waals surface area contributed by atoms with E-state index in [1.165, 1.54) is 16.6 Å². The lowest BCUT2D eigenvalue weighted by Crippen LogP contribution is -2.48. The molecule has 7 heteroatoms. The Kier molecular flexibility index (Phi) is 4.45. The highest BCUT2D eigenvalue weighted by molar-refractivity contribution is 7.89. The minimum Gasteiger partial charge on any atom is -0.373 e. The predicted octanol–water partition coefficient (Wildman–Crippen LogP) is 1.62. The van der Waals surface area contributed by atoms with E-state index < -0.39 is 10.0 Å². The molecule has 19 heavy (non-hydrogen) atoms. The first-order valence-corrected chi connectivity index (χ1v) is 8.07. The van der Waals surface area contributed by atoms with Gasteiger partial charge in [0.2, 0.25) is 0 Å². The molecule has 0 bridgehead atoms. The maximum absolute atomic E-state index is 12.5. The molecular formula is C12H17ClN2O3S. The van der Waals surface area contributed by atoms with Gasteiger partial charge in [0.05, 0.1) is 12.2 Å². The summed E-state index contributed by atoms with van der Waals surface area (Å²) in [7, 11) is -3.55. The van der Waals surface area contributed by atoms with E-state index in [-0.39, 0.29) is 17.2 Å². The molecule has 2 atom stereocenters. The average Bonchev–Trinajstić information content (AvgIpc) is 2.37. The van der Waals surface area contributed by atoms with Gasteiger partial charge in [0, 0.05) is 25.2 Å². The van der Waals surface area contributed by atoms with Crippen LogP contribution in [0.3, 0.4) is 0 Å². The molecule has 5 nitrogen and oxygen atoms in total. The Hall–Kier alpha value is -0.690. The van der Waals surface area contributed by atoms with Crippen LogP contribution < -0.4 is 0 Å². The van der Waals surface area contributed by atoms with Crippen LogP contribution in [0.2, 0.25) is 0 Å². The van der Waals surface area contributed by atoms with Crippen molar-refractivity contribution >= 4 is 21.6 Å². The minimum atomic E-state index is -3.55. The van der Waals surface area contributed by atoms with Crippen LogP contribution in [0, 0.1) is 0 Å². The van der Waals surface area contributed by atoms with E-state index in [4.69, 9.17) is 16.3 Å². The van der Waals surface area contributed by atoms with Crippen LogP contribution in [0.4, 0.5) is 0 Å². The van der Waals surface area contributed by atoms with Crippen molar-refractivity contribution in [1.82, 2.24) is 9.29 Å². The zero-order valence-corrected chi connectivity index (χ0v) is 12.5. The van der Waals surface area contributed by atoms with Crippen molar-refractivity contribution < 1.29 is 13.2 Å². The quantitative estimate of drug-likeness (QED) is 0.796. The number of pyridine rings is 1. The van der Waals surface area contributed by atoms with Gasteiger partial charge in [-0.2, -0.15) is 4.31 Å². The third kappa shape index (κ3) is 3.25. The van der Waals surface area contributed by atoms with Gasteiger partial charge in [0.15, 0.2) is 5.03 Å². The predicted molar refractivity (Wildman–Crippen MR) is 72.6 cm³/mol. The van der Waals surface area contributed by atoms with Crippen LogP contribution in [0.25, 0.3) is 0 Å². The summed E-state index contributed by atoms with van der Waals surface area (Å²) in [6.07, 6.45) is 1.27. The second-order valence-electron chi connectivity index (χ2n) is 4.72. The summed E-state index contributed by atoms with van der Waals surface area (Å²) in [5.41, 5.74) is 0.796. The number of nitrogens with zero attached hydrogens (tertiary/aromatic N) is 2. The summed E-state index contributed by atoms with van der Waals surface area (Å²) in [4.78, 5) is 3.99. The first-order valence-electron chi connectivity index (χ1n) is 6.10. The summed E-state index contributed by atoms with van der Waals surface area (Å²) in [6.45, 7) is 4.43. The fourth-order valence-corrected chi connectivity index (χ4v) is 3.76. The SMILES string of the molecule is CC1CN(S(=O)(=O)c2ccc(CCl)cn2)CC(C)O1. The molecule has 2 rings (SSSR count). The van der Waals surface area contributed by atoms with Gasteiger partial charge in [-0.3, -0.25) is 0 Å². The number of aromatic nitrogens is 1. The Balaban J connectivity index is 2.25. The molecule has 1 aromatic rings. The number of hydrogen-bond donors (Lipinski definition) is 0. The number of sulfonamides is 1. The van der Waals surface area contributed by atoms with Crippen molar-refractivity contribution in [3.05, 3.63) is 23.9 Å². The maximum Gasteiger partial charge on any atom is 0.260 e. The average molecular weight is 305 g/mol. The van der Waals surface area contributed by atoms with Gasteiger partial charge in [-0.05, 0) is 25.5 Å². The summed E-state index contributed by atoms with van der Waals surface area (Å²) in [5.74, 6) is 0.318. The number of hydrogen-bond acceptors (Lipinski definition) is 4. The summed E-state index contributed by atoms with van der Waals surface area (Å²) < 4.78 is 31.9. The molecule has 1 aromatic heterocycles. The van der Waals surface area contributed by atoms with E-state index in [9.17, 15) is 8.42 Å². The molecule has 1 aliphatic heterocycles. The largest absolute Gasteiger partial charge is 0.373 e. The van der Waals surface area contributed by atoms with E-state index >= 15 is 0 Å². The van der Waals surface area contributed by atoms with Gasteiger partial charge < -0.3 is 4.74 Å². The molecule has 0 amide bonds. The van der Waals surface area contributed by atoms with Crippen molar-refractivity contribution in [1.29, 1.82) is 0 Å². The highest BCUT2D eigenvalue weighted by Crippen LogP contribution is 2.20. The summed E-state index contributed by atoms with van der Waals surface area (Å²) in [5, 5.41) is 0.0580. The fraction of sp³-hybridized carbons (Fsp3) is 0.583. The molecule has 1 aliphatic rings. The molecule has 2 unspecified atom stereocenters. The fourth-order valence-electron chi connectivity index (χ4n) is 2.10. The zero-order valence-electron chi connectivity index (χ0n) is 10.9. The first kappa shape index (κ1) is 14.7. The first-order chi connectivity index (χ1) is 8.93. The standard InChI is InChI=1S/C12H17ClN2O3S/c1-9-7-15(8-10(2)18-9)19(16,17)12-4-3-11(5-13)6-14-12/h3-4,6,9-10H,5,7-8H2,1-2H3. The topological polar surface area (TPSA) is 59.5 Å². The van der Waals surface area contributed by atoms with Gasteiger partial charge in [-0.1, -0.05) is 6.07 Å². The van der Waals surface area contributed by atoms with E-state index in [0.29, 0.717) is 19.0 Å². The lowest BCUT2D eigenvalue weighted by Gasteiger charge is -2.34. The number of alkyl halides is 1. The molecule has 0 N–H and O–H groups in total. The highest BCUT2D eigenvalue weighted by Gasteiger charge is 2.32. The Morgan fingerprint density at radius 1 is 1.37 bits per heavy atom.